The van der Waals surface area contributed by atoms with E-state index in [0.29, 0.717) is 19.5 Å². The van der Waals surface area contributed by atoms with E-state index in [1.54, 1.807) is 0 Å². The van der Waals surface area contributed by atoms with Crippen LogP contribution >= 0.6 is 0 Å². The highest BCUT2D eigenvalue weighted by atomic mass is 16.7. The Balaban J connectivity index is 1.39. The molecule has 0 saturated heterocycles. The van der Waals surface area contributed by atoms with Crippen LogP contribution in [0.25, 0.3) is 0 Å². The van der Waals surface area contributed by atoms with Crippen molar-refractivity contribution in [2.24, 2.45) is 11.1 Å². The molecule has 1 saturated carbocycles. The number of rotatable bonds is 5. The lowest BCUT2D eigenvalue weighted by Gasteiger charge is -2.23. The number of ether oxygens (including phenoxy) is 2. The van der Waals surface area contributed by atoms with Crippen LogP contribution in [0.1, 0.15) is 31.7 Å². The minimum absolute atomic E-state index is 0.0712. The smallest absolute Gasteiger partial charge is 0.231 e. The van der Waals surface area contributed by atoms with Crippen molar-refractivity contribution in [3.8, 4) is 11.5 Å². The van der Waals surface area contributed by atoms with Crippen molar-refractivity contribution in [3.63, 3.8) is 0 Å². The summed E-state index contributed by atoms with van der Waals surface area (Å²) < 4.78 is 10.7. The zero-order valence-corrected chi connectivity index (χ0v) is 13.2. The second kappa shape index (κ2) is 5.76. The van der Waals surface area contributed by atoms with Crippen LogP contribution in [0.2, 0.25) is 0 Å². The number of hydrogen-bond acceptors (Lipinski definition) is 5. The lowest BCUT2D eigenvalue weighted by molar-refractivity contribution is -0.134. The summed E-state index contributed by atoms with van der Waals surface area (Å²) in [6.07, 6.45) is 2.69. The van der Waals surface area contributed by atoms with Crippen LogP contribution in [0.4, 0.5) is 0 Å². The molecule has 1 fully saturated rings. The quantitative estimate of drug-likeness (QED) is 0.835. The normalized spacial score (nSPS) is 21.8. The molecule has 2 aliphatic heterocycles. The third-order valence-electron chi connectivity index (χ3n) is 4.48. The molecule has 0 N–H and O–H groups in total. The number of carbonyl (C=O) groups excluding carboxylic acids is 1. The molecular formula is C17H20N2O4. The molecule has 0 unspecified atom stereocenters. The molecule has 1 atom stereocenters. The van der Waals surface area contributed by atoms with Gasteiger partial charge in [0.05, 0.1) is 12.3 Å². The highest BCUT2D eigenvalue weighted by Crippen LogP contribution is 2.34. The van der Waals surface area contributed by atoms with Crippen molar-refractivity contribution in [1.82, 2.24) is 4.90 Å². The molecular weight excluding hydrogens is 296 g/mol. The van der Waals surface area contributed by atoms with Gasteiger partial charge in [-0.15, -0.1) is 0 Å². The molecule has 6 heteroatoms. The van der Waals surface area contributed by atoms with Gasteiger partial charge in [-0.3, -0.25) is 4.79 Å². The van der Waals surface area contributed by atoms with Crippen molar-refractivity contribution in [1.29, 1.82) is 0 Å². The largest absolute Gasteiger partial charge is 0.454 e. The third-order valence-corrected chi connectivity index (χ3v) is 4.48. The zero-order valence-electron chi connectivity index (χ0n) is 13.2. The van der Waals surface area contributed by atoms with Crippen LogP contribution in [0.5, 0.6) is 11.5 Å². The molecule has 0 radical (unpaired) electrons. The number of amides is 1. The Morgan fingerprint density at radius 2 is 2.13 bits per heavy atom. The molecule has 4 rings (SSSR count). The first-order chi connectivity index (χ1) is 11.2. The molecule has 1 aromatic carbocycles. The van der Waals surface area contributed by atoms with Gasteiger partial charge in [-0.05, 0) is 38.0 Å². The van der Waals surface area contributed by atoms with Crippen molar-refractivity contribution < 1.29 is 19.1 Å². The SMILES string of the molecule is CCN(C[C@@H]1CC(c2ccc3c(c2)OCO3)=NO1)C(=O)C1CC1. The van der Waals surface area contributed by atoms with Gasteiger partial charge in [-0.2, -0.15) is 0 Å². The van der Waals surface area contributed by atoms with Crippen LogP contribution in [0, 0.1) is 5.92 Å². The molecule has 1 aliphatic carbocycles. The number of fused-ring (bicyclic) bond motifs is 1. The number of benzene rings is 1. The molecule has 3 aliphatic rings. The van der Waals surface area contributed by atoms with Gasteiger partial charge < -0.3 is 19.2 Å². The summed E-state index contributed by atoms with van der Waals surface area (Å²) in [5.41, 5.74) is 1.87. The van der Waals surface area contributed by atoms with E-state index in [1.165, 1.54) is 0 Å². The van der Waals surface area contributed by atoms with Crippen LogP contribution < -0.4 is 9.47 Å². The maximum atomic E-state index is 12.2. The fraction of sp³-hybridized carbons (Fsp3) is 0.529. The first-order valence-corrected chi connectivity index (χ1v) is 8.16. The van der Waals surface area contributed by atoms with Crippen molar-refractivity contribution in [2.75, 3.05) is 19.9 Å². The zero-order chi connectivity index (χ0) is 15.8. The van der Waals surface area contributed by atoms with E-state index in [-0.39, 0.29) is 24.7 Å². The Morgan fingerprint density at radius 3 is 2.91 bits per heavy atom. The van der Waals surface area contributed by atoms with Gasteiger partial charge in [0, 0.05) is 24.4 Å². The minimum Gasteiger partial charge on any atom is -0.454 e. The third kappa shape index (κ3) is 2.85. The highest BCUT2D eigenvalue weighted by molar-refractivity contribution is 6.01. The van der Waals surface area contributed by atoms with Gasteiger partial charge in [0.1, 0.15) is 0 Å². The van der Waals surface area contributed by atoms with Crippen LogP contribution in [0.3, 0.4) is 0 Å². The van der Waals surface area contributed by atoms with Gasteiger partial charge in [0.2, 0.25) is 12.7 Å². The van der Waals surface area contributed by atoms with Crippen LogP contribution in [-0.4, -0.2) is 42.5 Å². The predicted octanol–water partition coefficient (Wildman–Crippen LogP) is 2.17. The van der Waals surface area contributed by atoms with E-state index in [9.17, 15) is 4.79 Å². The average Bonchev–Trinajstić information content (AvgIpc) is 3.14. The number of oxime groups is 1. The fourth-order valence-corrected chi connectivity index (χ4v) is 2.98. The summed E-state index contributed by atoms with van der Waals surface area (Å²) >= 11 is 0. The lowest BCUT2D eigenvalue weighted by atomic mass is 10.0. The Morgan fingerprint density at radius 1 is 1.30 bits per heavy atom. The Bertz CT molecular complexity index is 654. The summed E-state index contributed by atoms with van der Waals surface area (Å²) in [7, 11) is 0. The maximum Gasteiger partial charge on any atom is 0.231 e. The van der Waals surface area contributed by atoms with E-state index in [2.05, 4.69) is 5.16 Å². The van der Waals surface area contributed by atoms with E-state index >= 15 is 0 Å². The summed E-state index contributed by atoms with van der Waals surface area (Å²) in [4.78, 5) is 19.6. The van der Waals surface area contributed by atoms with Gasteiger partial charge in [0.15, 0.2) is 17.6 Å². The minimum atomic E-state index is -0.0712. The molecule has 1 amide bonds. The Hall–Kier alpha value is -2.24. The van der Waals surface area contributed by atoms with E-state index in [4.69, 9.17) is 14.3 Å². The van der Waals surface area contributed by atoms with Crippen LogP contribution in [0.15, 0.2) is 23.4 Å². The van der Waals surface area contributed by atoms with Crippen molar-refractivity contribution >= 4 is 11.6 Å². The molecule has 23 heavy (non-hydrogen) atoms. The first kappa shape index (κ1) is 14.4. The molecule has 122 valence electrons. The number of likely N-dealkylation sites (N-methyl/N-ethyl adjacent to an activating group) is 1. The van der Waals surface area contributed by atoms with Crippen molar-refractivity contribution in [2.45, 2.75) is 32.3 Å². The summed E-state index contributed by atoms with van der Waals surface area (Å²) in [5, 5.41) is 4.20. The van der Waals surface area contributed by atoms with Gasteiger partial charge in [-0.25, -0.2) is 0 Å². The first-order valence-electron chi connectivity index (χ1n) is 8.16. The molecule has 0 spiro atoms. The molecule has 6 nitrogen and oxygen atoms in total. The molecule has 0 bridgehead atoms. The topological polar surface area (TPSA) is 60.4 Å². The molecule has 0 aromatic heterocycles. The fourth-order valence-electron chi connectivity index (χ4n) is 2.98. The monoisotopic (exact) mass is 316 g/mol. The second-order valence-corrected chi connectivity index (χ2v) is 6.19. The van der Waals surface area contributed by atoms with Crippen LogP contribution in [-0.2, 0) is 9.63 Å². The number of carbonyl (C=O) groups is 1. The second-order valence-electron chi connectivity index (χ2n) is 6.19. The van der Waals surface area contributed by atoms with Gasteiger partial charge >= 0.3 is 0 Å². The van der Waals surface area contributed by atoms with Gasteiger partial charge in [0.25, 0.3) is 0 Å². The summed E-state index contributed by atoms with van der Waals surface area (Å²) in [6, 6.07) is 5.79. The summed E-state index contributed by atoms with van der Waals surface area (Å²) in [6.45, 7) is 3.59. The van der Waals surface area contributed by atoms with E-state index in [0.717, 1.165) is 35.6 Å². The Labute approximate surface area is 135 Å². The number of nitrogens with zero attached hydrogens (tertiary/aromatic N) is 2. The van der Waals surface area contributed by atoms with Crippen molar-refractivity contribution in [3.05, 3.63) is 23.8 Å². The molecule has 2 heterocycles. The summed E-state index contributed by atoms with van der Waals surface area (Å²) in [5.74, 6) is 2.00. The van der Waals surface area contributed by atoms with E-state index in [1.807, 2.05) is 30.0 Å². The lowest BCUT2D eigenvalue weighted by Crippen LogP contribution is -2.38. The predicted molar refractivity (Wildman–Crippen MR) is 83.6 cm³/mol. The van der Waals surface area contributed by atoms with E-state index < -0.39 is 0 Å². The Kier molecular flexibility index (Phi) is 3.59. The highest BCUT2D eigenvalue weighted by Gasteiger charge is 2.35. The standard InChI is InChI=1S/C17H20N2O4/c1-2-19(17(20)11-3-4-11)9-13-8-14(18-23-13)12-5-6-15-16(7-12)22-10-21-15/h5-7,11,13H,2-4,8-10H2,1H3/t13-/m0/s1. The molecule has 1 aromatic rings. The average molecular weight is 316 g/mol. The van der Waals surface area contributed by atoms with Gasteiger partial charge in [-0.1, -0.05) is 5.16 Å². The maximum absolute atomic E-state index is 12.2. The number of hydrogen-bond donors (Lipinski definition) is 0.